The van der Waals surface area contributed by atoms with Crippen LogP contribution in [0.3, 0.4) is 0 Å². The molecule has 0 bridgehead atoms. The van der Waals surface area contributed by atoms with Crippen molar-refractivity contribution in [3.63, 3.8) is 0 Å². The van der Waals surface area contributed by atoms with E-state index >= 15 is 0 Å². The molecule has 0 aromatic heterocycles. The summed E-state index contributed by atoms with van der Waals surface area (Å²) >= 11 is 0. The number of rotatable bonds is 3. The normalized spacial score (nSPS) is 20.3. The van der Waals surface area contributed by atoms with Crippen LogP contribution in [0.5, 0.6) is 0 Å². The summed E-state index contributed by atoms with van der Waals surface area (Å²) in [5, 5.41) is 2.48. The van der Waals surface area contributed by atoms with Gasteiger partial charge in [0.15, 0.2) is 0 Å². The molecule has 1 atom stereocenters. The van der Waals surface area contributed by atoms with E-state index in [2.05, 4.69) is 17.1 Å². The second-order valence-corrected chi connectivity index (χ2v) is 5.15. The number of halogens is 2. The van der Waals surface area contributed by atoms with Crippen molar-refractivity contribution in [1.82, 2.24) is 4.90 Å². The summed E-state index contributed by atoms with van der Waals surface area (Å²) in [5.74, 6) is -1.08. The van der Waals surface area contributed by atoms with Crippen LogP contribution in [0.1, 0.15) is 19.8 Å². The lowest BCUT2D eigenvalue weighted by Crippen LogP contribution is -2.39. The Morgan fingerprint density at radius 2 is 2.26 bits per heavy atom. The third-order valence-electron chi connectivity index (χ3n) is 3.31. The minimum Gasteiger partial charge on any atom is -0.322 e. The summed E-state index contributed by atoms with van der Waals surface area (Å²) in [6, 6.07) is 3.13. The first-order valence-corrected chi connectivity index (χ1v) is 6.52. The van der Waals surface area contributed by atoms with Gasteiger partial charge in [0, 0.05) is 12.6 Å². The highest BCUT2D eigenvalue weighted by molar-refractivity contribution is 5.92. The van der Waals surface area contributed by atoms with Crippen LogP contribution in [0.4, 0.5) is 14.5 Å². The van der Waals surface area contributed by atoms with Crippen LogP contribution in [0.2, 0.25) is 0 Å². The molecule has 0 aliphatic carbocycles. The van der Waals surface area contributed by atoms with Gasteiger partial charge in [0.05, 0.1) is 12.2 Å². The number of piperidine rings is 1. The molecule has 0 saturated carbocycles. The van der Waals surface area contributed by atoms with Crippen LogP contribution in [0.25, 0.3) is 0 Å². The third kappa shape index (κ3) is 3.99. The van der Waals surface area contributed by atoms with E-state index in [9.17, 15) is 13.6 Å². The quantitative estimate of drug-likeness (QED) is 0.914. The minimum absolute atomic E-state index is 0.0245. The molecular formula is C14H18F2N2O. The van der Waals surface area contributed by atoms with E-state index in [1.165, 1.54) is 12.5 Å². The Morgan fingerprint density at radius 3 is 2.95 bits per heavy atom. The smallest absolute Gasteiger partial charge is 0.238 e. The molecule has 0 spiro atoms. The van der Waals surface area contributed by atoms with E-state index in [4.69, 9.17) is 0 Å². The zero-order valence-corrected chi connectivity index (χ0v) is 11.0. The van der Waals surface area contributed by atoms with Crippen LogP contribution in [0, 0.1) is 17.6 Å². The SMILES string of the molecule is CC1CCCN(CC(=O)Nc2ccc(F)cc2F)C1. The summed E-state index contributed by atoms with van der Waals surface area (Å²) in [5.41, 5.74) is 0.0245. The average Bonchev–Trinajstić information content (AvgIpc) is 2.33. The first-order valence-electron chi connectivity index (χ1n) is 6.52. The molecule has 1 unspecified atom stereocenters. The fourth-order valence-corrected chi connectivity index (χ4v) is 2.41. The molecule has 1 aliphatic rings. The number of nitrogens with one attached hydrogen (secondary N) is 1. The molecule has 5 heteroatoms. The first kappa shape index (κ1) is 13.9. The Balaban J connectivity index is 1.90. The van der Waals surface area contributed by atoms with Crippen LogP contribution in [0.15, 0.2) is 18.2 Å². The van der Waals surface area contributed by atoms with Gasteiger partial charge in [0.25, 0.3) is 0 Å². The number of carbonyl (C=O) groups excluding carboxylic acids is 1. The first-order chi connectivity index (χ1) is 9.04. The molecule has 3 nitrogen and oxygen atoms in total. The molecule has 104 valence electrons. The van der Waals surface area contributed by atoms with E-state index < -0.39 is 11.6 Å². The Hall–Kier alpha value is -1.49. The second kappa shape index (κ2) is 6.10. The monoisotopic (exact) mass is 268 g/mol. The van der Waals surface area contributed by atoms with Gasteiger partial charge in [-0.2, -0.15) is 0 Å². The summed E-state index contributed by atoms with van der Waals surface area (Å²) in [6.45, 7) is 4.19. The lowest BCUT2D eigenvalue weighted by molar-refractivity contribution is -0.117. The fourth-order valence-electron chi connectivity index (χ4n) is 2.41. The Morgan fingerprint density at radius 1 is 1.47 bits per heavy atom. The second-order valence-electron chi connectivity index (χ2n) is 5.15. The van der Waals surface area contributed by atoms with Gasteiger partial charge in [0.1, 0.15) is 11.6 Å². The predicted octanol–water partition coefficient (Wildman–Crippen LogP) is 2.64. The van der Waals surface area contributed by atoms with Gasteiger partial charge in [-0.05, 0) is 37.4 Å². The number of hydrogen-bond donors (Lipinski definition) is 1. The number of hydrogen-bond acceptors (Lipinski definition) is 2. The summed E-state index contributed by atoms with van der Waals surface area (Å²) in [4.78, 5) is 13.9. The van der Waals surface area contributed by atoms with E-state index in [-0.39, 0.29) is 18.1 Å². The number of benzene rings is 1. The van der Waals surface area contributed by atoms with Crippen molar-refractivity contribution in [3.05, 3.63) is 29.8 Å². The molecule has 0 radical (unpaired) electrons. The highest BCUT2D eigenvalue weighted by Crippen LogP contribution is 2.17. The maximum absolute atomic E-state index is 13.4. The van der Waals surface area contributed by atoms with Crippen LogP contribution < -0.4 is 5.32 Å². The van der Waals surface area contributed by atoms with Gasteiger partial charge in [-0.1, -0.05) is 6.92 Å². The predicted molar refractivity (Wildman–Crippen MR) is 69.8 cm³/mol. The zero-order valence-electron chi connectivity index (χ0n) is 11.0. The van der Waals surface area contributed by atoms with Crippen molar-refractivity contribution in [2.75, 3.05) is 25.0 Å². The minimum atomic E-state index is -0.750. The molecule has 1 fully saturated rings. The highest BCUT2D eigenvalue weighted by Gasteiger charge is 2.19. The van der Waals surface area contributed by atoms with Crippen LogP contribution >= 0.6 is 0 Å². The fraction of sp³-hybridized carbons (Fsp3) is 0.500. The third-order valence-corrected chi connectivity index (χ3v) is 3.31. The van der Waals surface area contributed by atoms with E-state index in [1.807, 2.05) is 0 Å². The standard InChI is InChI=1S/C14H18F2N2O/c1-10-3-2-6-18(8-10)9-14(19)17-13-5-4-11(15)7-12(13)16/h4-5,7,10H,2-3,6,8-9H2,1H3,(H,17,19). The van der Waals surface area contributed by atoms with Crippen molar-refractivity contribution in [3.8, 4) is 0 Å². The number of carbonyl (C=O) groups is 1. The number of anilines is 1. The van der Waals surface area contributed by atoms with Crippen molar-refractivity contribution in [2.24, 2.45) is 5.92 Å². The zero-order chi connectivity index (χ0) is 13.8. The molecule has 1 aromatic carbocycles. The van der Waals surface area contributed by atoms with Gasteiger partial charge >= 0.3 is 0 Å². The Kier molecular flexibility index (Phi) is 4.47. The number of likely N-dealkylation sites (tertiary alicyclic amines) is 1. The van der Waals surface area contributed by atoms with Crippen LogP contribution in [-0.4, -0.2) is 30.4 Å². The summed E-state index contributed by atoms with van der Waals surface area (Å²) in [7, 11) is 0. The molecule has 2 rings (SSSR count). The maximum Gasteiger partial charge on any atom is 0.238 e. The van der Waals surface area contributed by atoms with Crippen molar-refractivity contribution in [2.45, 2.75) is 19.8 Å². The Labute approximate surface area is 111 Å². The van der Waals surface area contributed by atoms with Crippen molar-refractivity contribution < 1.29 is 13.6 Å². The van der Waals surface area contributed by atoms with Gasteiger partial charge in [0.2, 0.25) is 5.91 Å². The van der Waals surface area contributed by atoms with Crippen LogP contribution in [-0.2, 0) is 4.79 Å². The molecule has 1 heterocycles. The van der Waals surface area contributed by atoms with Gasteiger partial charge in [-0.15, -0.1) is 0 Å². The van der Waals surface area contributed by atoms with Crippen molar-refractivity contribution >= 4 is 11.6 Å². The maximum atomic E-state index is 13.4. The molecule has 19 heavy (non-hydrogen) atoms. The summed E-state index contributed by atoms with van der Waals surface area (Å²) in [6.07, 6.45) is 2.27. The lowest BCUT2D eigenvalue weighted by atomic mass is 10.0. The molecule has 1 aliphatic heterocycles. The number of nitrogens with zero attached hydrogens (tertiary/aromatic N) is 1. The molecule has 1 aromatic rings. The van der Waals surface area contributed by atoms with Gasteiger partial charge < -0.3 is 5.32 Å². The molecule has 1 saturated heterocycles. The molecule has 1 amide bonds. The topological polar surface area (TPSA) is 32.3 Å². The molecule has 1 N–H and O–H groups in total. The lowest BCUT2D eigenvalue weighted by Gasteiger charge is -2.30. The van der Waals surface area contributed by atoms with E-state index in [0.29, 0.717) is 5.92 Å². The van der Waals surface area contributed by atoms with Gasteiger partial charge in [-0.25, -0.2) is 8.78 Å². The average molecular weight is 268 g/mol. The van der Waals surface area contributed by atoms with E-state index in [0.717, 1.165) is 31.6 Å². The van der Waals surface area contributed by atoms with E-state index in [1.54, 1.807) is 0 Å². The van der Waals surface area contributed by atoms with Gasteiger partial charge in [-0.3, -0.25) is 9.69 Å². The highest BCUT2D eigenvalue weighted by atomic mass is 19.1. The Bertz CT molecular complexity index is 465. The largest absolute Gasteiger partial charge is 0.322 e. The molecular weight excluding hydrogens is 250 g/mol. The summed E-state index contributed by atoms with van der Waals surface area (Å²) < 4.78 is 26.1. The van der Waals surface area contributed by atoms with Crippen molar-refractivity contribution in [1.29, 1.82) is 0 Å². The number of amides is 1.